The van der Waals surface area contributed by atoms with Gasteiger partial charge in [0, 0.05) is 48.5 Å². The number of para-hydroxylation sites is 1. The molecule has 0 bridgehead atoms. The maximum absolute atomic E-state index is 14.1. The van der Waals surface area contributed by atoms with Crippen LogP contribution in [0.15, 0.2) is 53.3 Å². The number of esters is 1. The molecule has 4 aromatic rings. The van der Waals surface area contributed by atoms with Gasteiger partial charge in [-0.05, 0) is 81.3 Å². The van der Waals surface area contributed by atoms with Crippen LogP contribution in [-0.4, -0.2) is 214 Å². The Morgan fingerprint density at radius 1 is 0.809 bits per heavy atom. The fourth-order valence-electron chi connectivity index (χ4n) is 10.7. The van der Waals surface area contributed by atoms with Crippen LogP contribution in [-0.2, 0) is 98.5 Å². The van der Waals surface area contributed by atoms with Crippen LogP contribution >= 0.6 is 0 Å². The maximum Gasteiger partial charge on any atom is 0.410 e. The summed E-state index contributed by atoms with van der Waals surface area (Å²) < 4.78 is 45.8. The van der Waals surface area contributed by atoms with Crippen molar-refractivity contribution in [1.82, 2.24) is 30.4 Å². The Morgan fingerprint density at radius 2 is 1.48 bits per heavy atom. The van der Waals surface area contributed by atoms with Crippen molar-refractivity contribution >= 4 is 64.2 Å². The molecule has 7 rings (SSSR count). The molecule has 2 aromatic carbocycles. The molecule has 31 heteroatoms. The van der Waals surface area contributed by atoms with Gasteiger partial charge in [-0.25, -0.2) is 19.4 Å². The zero-order valence-electron chi connectivity index (χ0n) is 53.2. The van der Waals surface area contributed by atoms with Crippen molar-refractivity contribution < 1.29 is 107 Å². The van der Waals surface area contributed by atoms with Gasteiger partial charge in [0.1, 0.15) is 49.4 Å². The number of cyclic esters (lactones) is 1. The minimum absolute atomic E-state index is 0.00174. The number of rotatable bonds is 35. The molecule has 9 atom stereocenters. The second-order valence-electron chi connectivity index (χ2n) is 23.4. The average molecular weight is 1320 g/mol. The van der Waals surface area contributed by atoms with Gasteiger partial charge in [0.2, 0.25) is 29.9 Å². The Kier molecular flexibility index (Phi) is 26.3. The van der Waals surface area contributed by atoms with Gasteiger partial charge in [-0.3, -0.25) is 28.8 Å². The summed E-state index contributed by atoms with van der Waals surface area (Å²) in [6.07, 6.45) is -11.0. The SMILES string of the molecule is CC[C@@]1(O)C(=O)OCc2c1cc1n(c2=O)Cc2c-1nc1ccccc1c2CCN(C(=O)OCc1ccc(NC(=O)[C@H](C)NC(=O)[C@@H](NC(=O)CCOCCOCCOCCOCCNC(=O)[C@@H](N)CCC(=O)O)C(C)C)c(O[C@@H]2O[C@H](C(=O)O)[C@@H](O)[C@H](O)[C@H]2O)c1)C(C)C. The van der Waals surface area contributed by atoms with E-state index in [1.165, 1.54) is 34.6 Å². The van der Waals surface area contributed by atoms with Crippen molar-refractivity contribution in [2.45, 2.75) is 154 Å². The topological polar surface area (TPSA) is 444 Å². The van der Waals surface area contributed by atoms with Crippen LogP contribution in [0, 0.1) is 5.92 Å². The molecule has 0 radical (unpaired) electrons. The lowest BCUT2D eigenvalue weighted by Gasteiger charge is -2.38. The lowest BCUT2D eigenvalue weighted by molar-refractivity contribution is -0.271. The third kappa shape index (κ3) is 18.4. The number of carbonyl (C=O) groups is 8. The van der Waals surface area contributed by atoms with Crippen LogP contribution in [0.25, 0.3) is 22.3 Å². The van der Waals surface area contributed by atoms with E-state index in [1.54, 1.807) is 40.7 Å². The third-order valence-electron chi connectivity index (χ3n) is 16.1. The average Bonchev–Trinajstić information content (AvgIpc) is 1.52. The number of carboxylic acids is 2. The number of fused-ring (bicyclic) bond motifs is 5. The molecule has 0 spiro atoms. The first-order chi connectivity index (χ1) is 44.7. The Bertz CT molecular complexity index is 3440. The summed E-state index contributed by atoms with van der Waals surface area (Å²) in [5.41, 5.74) is 6.69. The lowest BCUT2D eigenvalue weighted by atomic mass is 9.86. The number of benzene rings is 2. The first-order valence-electron chi connectivity index (χ1n) is 31.0. The van der Waals surface area contributed by atoms with Crippen molar-refractivity contribution in [2.24, 2.45) is 11.7 Å². The van der Waals surface area contributed by atoms with E-state index in [9.17, 15) is 68.7 Å². The molecular formula is C63H84N8O23. The molecule has 31 nitrogen and oxygen atoms in total. The maximum atomic E-state index is 14.1. The fraction of sp³-hybridized carbons (Fsp3) is 0.556. The molecule has 12 N–H and O–H groups in total. The van der Waals surface area contributed by atoms with Crippen molar-refractivity contribution in [3.63, 3.8) is 0 Å². The van der Waals surface area contributed by atoms with E-state index in [2.05, 4.69) is 21.3 Å². The zero-order chi connectivity index (χ0) is 68.6. The second-order valence-corrected chi connectivity index (χ2v) is 23.4. The zero-order valence-corrected chi connectivity index (χ0v) is 53.2. The summed E-state index contributed by atoms with van der Waals surface area (Å²) in [5.74, 6) is -6.80. The molecule has 1 saturated heterocycles. The molecule has 0 unspecified atom stereocenters. The molecule has 2 aromatic heterocycles. The van der Waals surface area contributed by atoms with Crippen molar-refractivity contribution in [1.29, 1.82) is 0 Å². The number of aliphatic hydroxyl groups is 4. The number of nitrogens with one attached hydrogen (secondary N) is 4. The van der Waals surface area contributed by atoms with Crippen molar-refractivity contribution in [3.05, 3.63) is 86.7 Å². The first-order valence-corrected chi connectivity index (χ1v) is 31.0. The molecule has 5 amide bonds. The van der Waals surface area contributed by atoms with Gasteiger partial charge >= 0.3 is 24.0 Å². The first kappa shape index (κ1) is 73.2. The number of amides is 5. The number of nitrogens with two attached hydrogens (primary N) is 1. The Labute approximate surface area is 540 Å². The highest BCUT2D eigenvalue weighted by Crippen LogP contribution is 2.41. The molecule has 0 aliphatic carbocycles. The number of hydrogen-bond donors (Lipinski definition) is 11. The lowest BCUT2D eigenvalue weighted by Crippen LogP contribution is -2.61. The smallest absolute Gasteiger partial charge is 0.410 e. The van der Waals surface area contributed by atoms with Gasteiger partial charge in [-0.2, -0.15) is 0 Å². The third-order valence-corrected chi connectivity index (χ3v) is 16.1. The fourth-order valence-corrected chi connectivity index (χ4v) is 10.7. The van der Waals surface area contributed by atoms with Crippen LogP contribution in [0.4, 0.5) is 10.5 Å². The molecule has 1 fully saturated rings. The molecule has 3 aliphatic heterocycles. The number of hydrogen-bond acceptors (Lipinski definition) is 23. The molecular weight excluding hydrogens is 1240 g/mol. The standard InChI is InChI=1S/C63H84N8O23/c1-7-63(86)41-29-45-50-39(30-71(45)58(81)40(41)32-91-61(63)84)37(38-10-8-9-11-43(38)67-50)16-19-70(34(4)5)62(85)92-31-36-12-14-44(46(28-36)93-60-53(77)51(75)52(76)54(94-60)59(82)83)68-55(78)35(6)66-57(80)49(33(2)3)69-47(72)17-20-87-22-24-89-26-27-90-25-23-88-21-18-65-56(79)42(64)13-15-48(73)74/h8-12,14,28-29,33-35,42,49,51-54,60,75-77,86H,7,13,15-27,30-32,64H2,1-6H3,(H,65,79)(H,66,80)(H,68,78)(H,69,72)(H,73,74)(H,82,83)/t35-,42-,49-,51-,52-,53+,54-,60+,63-/m0/s1. The van der Waals surface area contributed by atoms with Crippen LogP contribution in [0.1, 0.15) is 95.0 Å². The predicted octanol–water partition coefficient (Wildman–Crippen LogP) is 0.289. The molecule has 514 valence electrons. The number of aliphatic carboxylic acids is 2. The highest BCUT2D eigenvalue weighted by molar-refractivity contribution is 5.99. The summed E-state index contributed by atoms with van der Waals surface area (Å²) >= 11 is 0. The van der Waals surface area contributed by atoms with Crippen LogP contribution in [0.2, 0.25) is 0 Å². The van der Waals surface area contributed by atoms with Gasteiger partial charge in [-0.15, -0.1) is 0 Å². The van der Waals surface area contributed by atoms with Gasteiger partial charge in [-0.1, -0.05) is 45.0 Å². The van der Waals surface area contributed by atoms with Gasteiger partial charge < -0.3 is 105 Å². The van der Waals surface area contributed by atoms with Gasteiger partial charge in [0.15, 0.2) is 11.7 Å². The number of pyridine rings is 2. The molecule has 3 aliphatic rings. The van der Waals surface area contributed by atoms with E-state index in [-0.39, 0.29) is 139 Å². The quantitative estimate of drug-likeness (QED) is 0.0192. The summed E-state index contributed by atoms with van der Waals surface area (Å²) in [4.78, 5) is 122. The van der Waals surface area contributed by atoms with Crippen LogP contribution in [0.5, 0.6) is 5.75 Å². The number of anilines is 1. The van der Waals surface area contributed by atoms with Crippen LogP contribution < -0.4 is 37.3 Å². The Morgan fingerprint density at radius 3 is 2.13 bits per heavy atom. The molecule has 0 saturated carbocycles. The minimum Gasteiger partial charge on any atom is -0.481 e. The summed E-state index contributed by atoms with van der Waals surface area (Å²) in [6, 6.07) is 9.39. The van der Waals surface area contributed by atoms with E-state index >= 15 is 0 Å². The van der Waals surface area contributed by atoms with Gasteiger partial charge in [0.25, 0.3) is 5.56 Å². The van der Waals surface area contributed by atoms with Crippen LogP contribution in [0.3, 0.4) is 0 Å². The van der Waals surface area contributed by atoms with Crippen molar-refractivity contribution in [3.8, 4) is 17.1 Å². The highest BCUT2D eigenvalue weighted by Gasteiger charge is 2.49. The molecule has 94 heavy (non-hydrogen) atoms. The van der Waals surface area contributed by atoms with E-state index in [1.807, 2.05) is 24.3 Å². The predicted molar refractivity (Wildman–Crippen MR) is 330 cm³/mol. The summed E-state index contributed by atoms with van der Waals surface area (Å²) in [5, 5.41) is 73.1. The molecule has 5 heterocycles. The second kappa shape index (κ2) is 33.7. The van der Waals surface area contributed by atoms with E-state index in [0.717, 1.165) is 10.9 Å². The van der Waals surface area contributed by atoms with Crippen molar-refractivity contribution in [2.75, 3.05) is 71.3 Å². The highest BCUT2D eigenvalue weighted by atomic mass is 16.7. The number of ether oxygens (including phenoxy) is 8. The van der Waals surface area contributed by atoms with E-state index < -0.39 is 126 Å². The van der Waals surface area contributed by atoms with E-state index in [0.29, 0.717) is 22.5 Å². The van der Waals surface area contributed by atoms with Gasteiger partial charge in [0.05, 0.1) is 93.6 Å². The number of aromatic nitrogens is 2. The van der Waals surface area contributed by atoms with E-state index in [4.69, 9.17) is 53.7 Å². The Hall–Kier alpha value is -8.24. The largest absolute Gasteiger partial charge is 0.481 e. The monoisotopic (exact) mass is 1320 g/mol. The normalized spacial score (nSPS) is 19.8. The number of carbonyl (C=O) groups excluding carboxylic acids is 6. The Balaban J connectivity index is 0.924. The number of carboxylic acid groups (broad SMARTS) is 2. The minimum atomic E-state index is -2.06. The number of aliphatic hydroxyl groups excluding tert-OH is 3. The summed E-state index contributed by atoms with van der Waals surface area (Å²) in [6.45, 7) is 11.3. The summed E-state index contributed by atoms with van der Waals surface area (Å²) in [7, 11) is 0. The number of nitrogens with zero attached hydrogens (tertiary/aromatic N) is 3.